The molecule has 0 bridgehead atoms. The fraction of sp³-hybridized carbons (Fsp3) is 0.323. The lowest BCUT2D eigenvalue weighted by Gasteiger charge is -2.17. The smallest absolute Gasteiger partial charge is 0.294 e. The molecule has 0 saturated carbocycles. The third kappa shape index (κ3) is 3.14. The Balaban J connectivity index is 1.76. The van der Waals surface area contributed by atoms with Crippen LogP contribution in [0.3, 0.4) is 0 Å². The van der Waals surface area contributed by atoms with Gasteiger partial charge in [-0.1, -0.05) is 64.1 Å². The summed E-state index contributed by atoms with van der Waals surface area (Å²) >= 11 is 0. The van der Waals surface area contributed by atoms with Crippen LogP contribution < -0.4 is 4.57 Å². The number of para-hydroxylation sites is 1. The Labute approximate surface area is 202 Å². The SMILES string of the molecule is CC(C)Cc1cc(CC(C)C)c2c(c1-n1cc[n+]3c1-c1ccccc1C3)c1ccccc1n2C. The van der Waals surface area contributed by atoms with Gasteiger partial charge in [-0.2, -0.15) is 4.57 Å². The molecule has 6 rings (SSSR count). The van der Waals surface area contributed by atoms with Gasteiger partial charge in [0, 0.05) is 29.1 Å². The van der Waals surface area contributed by atoms with E-state index in [2.05, 4.69) is 115 Å². The third-order valence-electron chi connectivity index (χ3n) is 7.29. The molecule has 0 aliphatic carbocycles. The molecule has 2 aromatic heterocycles. The van der Waals surface area contributed by atoms with Crippen LogP contribution in [0, 0.1) is 11.8 Å². The second kappa shape index (κ2) is 7.87. The Morgan fingerprint density at radius 1 is 0.882 bits per heavy atom. The van der Waals surface area contributed by atoms with E-state index < -0.39 is 0 Å². The van der Waals surface area contributed by atoms with E-state index in [1.807, 2.05) is 0 Å². The maximum Gasteiger partial charge on any atom is 0.294 e. The molecule has 0 N–H and O–H groups in total. The van der Waals surface area contributed by atoms with Crippen molar-refractivity contribution in [2.45, 2.75) is 47.1 Å². The Kier molecular flexibility index (Phi) is 4.91. The molecule has 3 heteroatoms. The van der Waals surface area contributed by atoms with Crippen LogP contribution >= 0.6 is 0 Å². The lowest BCUT2D eigenvalue weighted by atomic mass is 9.92. The van der Waals surface area contributed by atoms with Crippen LogP contribution in [0.1, 0.15) is 44.4 Å². The Morgan fingerprint density at radius 3 is 2.38 bits per heavy atom. The number of hydrogen-bond donors (Lipinski definition) is 0. The van der Waals surface area contributed by atoms with Crippen molar-refractivity contribution >= 4 is 21.8 Å². The van der Waals surface area contributed by atoms with Gasteiger partial charge in [-0.25, -0.2) is 4.57 Å². The van der Waals surface area contributed by atoms with Gasteiger partial charge in [-0.3, -0.25) is 0 Å². The zero-order valence-corrected chi connectivity index (χ0v) is 21.0. The van der Waals surface area contributed by atoms with E-state index in [0.717, 1.165) is 19.4 Å². The summed E-state index contributed by atoms with van der Waals surface area (Å²) in [5.74, 6) is 2.49. The predicted octanol–water partition coefficient (Wildman–Crippen LogP) is 6.84. The highest BCUT2D eigenvalue weighted by molar-refractivity contribution is 6.14. The van der Waals surface area contributed by atoms with Gasteiger partial charge in [0.1, 0.15) is 24.6 Å². The Hall–Kier alpha value is -3.33. The minimum Gasteiger partial charge on any atom is -0.343 e. The number of aromatic nitrogens is 3. The first-order chi connectivity index (χ1) is 16.4. The number of imidazole rings is 1. The molecule has 0 saturated heterocycles. The summed E-state index contributed by atoms with van der Waals surface area (Å²) < 4.78 is 7.32. The van der Waals surface area contributed by atoms with Gasteiger partial charge >= 0.3 is 0 Å². The van der Waals surface area contributed by atoms with Gasteiger partial charge in [-0.15, -0.1) is 0 Å². The lowest BCUT2D eigenvalue weighted by Crippen LogP contribution is -2.30. The highest BCUT2D eigenvalue weighted by atomic mass is 15.2. The minimum atomic E-state index is 0.585. The van der Waals surface area contributed by atoms with Gasteiger partial charge in [0.05, 0.1) is 16.5 Å². The summed E-state index contributed by atoms with van der Waals surface area (Å²) in [5, 5.41) is 2.75. The van der Waals surface area contributed by atoms with Crippen LogP contribution in [-0.2, 0) is 26.4 Å². The molecule has 0 amide bonds. The van der Waals surface area contributed by atoms with Gasteiger partial charge in [0.2, 0.25) is 0 Å². The number of hydrogen-bond acceptors (Lipinski definition) is 0. The fourth-order valence-corrected chi connectivity index (χ4v) is 6.06. The Bertz CT molecular complexity index is 1540. The van der Waals surface area contributed by atoms with Crippen LogP contribution in [0.5, 0.6) is 0 Å². The van der Waals surface area contributed by atoms with E-state index >= 15 is 0 Å². The van der Waals surface area contributed by atoms with Gasteiger partial charge in [0.25, 0.3) is 5.82 Å². The van der Waals surface area contributed by atoms with E-state index in [4.69, 9.17) is 0 Å². The molecule has 0 unspecified atom stereocenters. The molecule has 3 nitrogen and oxygen atoms in total. The number of aryl methyl sites for hydroxylation is 1. The first-order valence-corrected chi connectivity index (χ1v) is 12.6. The van der Waals surface area contributed by atoms with Crippen molar-refractivity contribution in [2.24, 2.45) is 18.9 Å². The standard InChI is InChI=1S/C31H34N3/c1-20(2)16-23-18-24(17-21(3)4)30(28-26-12-8-9-13-27(26)32(5)29(23)28)34-15-14-33-19-22-10-6-7-11-25(22)31(33)34/h6-15,18,20-21H,16-17,19H2,1-5H3/q+1. The summed E-state index contributed by atoms with van der Waals surface area (Å²) in [5.41, 5.74) is 9.74. The molecule has 3 aromatic carbocycles. The normalized spacial score (nSPS) is 12.9. The first kappa shape index (κ1) is 21.2. The van der Waals surface area contributed by atoms with Crippen molar-refractivity contribution in [3.8, 4) is 17.1 Å². The molecule has 172 valence electrons. The van der Waals surface area contributed by atoms with Crippen molar-refractivity contribution in [2.75, 3.05) is 0 Å². The topological polar surface area (TPSA) is 13.7 Å². The van der Waals surface area contributed by atoms with Crippen LogP contribution in [0.15, 0.2) is 67.0 Å². The van der Waals surface area contributed by atoms with E-state index in [1.165, 1.54) is 55.6 Å². The molecule has 1 aliphatic rings. The van der Waals surface area contributed by atoms with Crippen molar-refractivity contribution in [1.82, 2.24) is 9.13 Å². The zero-order valence-electron chi connectivity index (χ0n) is 21.0. The summed E-state index contributed by atoms with van der Waals surface area (Å²) in [6.07, 6.45) is 6.70. The number of rotatable bonds is 5. The van der Waals surface area contributed by atoms with Crippen molar-refractivity contribution in [3.05, 3.63) is 83.7 Å². The molecular weight excluding hydrogens is 414 g/mol. The zero-order chi connectivity index (χ0) is 23.6. The van der Waals surface area contributed by atoms with Crippen LogP contribution in [-0.4, -0.2) is 9.13 Å². The number of benzene rings is 3. The number of nitrogens with zero attached hydrogens (tertiary/aromatic N) is 3. The van der Waals surface area contributed by atoms with E-state index in [-0.39, 0.29) is 0 Å². The summed E-state index contributed by atoms with van der Waals surface area (Å²) in [4.78, 5) is 0. The molecule has 34 heavy (non-hydrogen) atoms. The molecule has 0 atom stereocenters. The average Bonchev–Trinajstić information content (AvgIpc) is 3.45. The number of fused-ring (bicyclic) bond motifs is 6. The molecule has 0 radical (unpaired) electrons. The van der Waals surface area contributed by atoms with E-state index in [9.17, 15) is 0 Å². The second-order valence-corrected chi connectivity index (χ2v) is 10.8. The van der Waals surface area contributed by atoms with Crippen LogP contribution in [0.2, 0.25) is 0 Å². The first-order valence-electron chi connectivity index (χ1n) is 12.6. The molecule has 3 heterocycles. The van der Waals surface area contributed by atoms with Crippen molar-refractivity contribution in [3.63, 3.8) is 0 Å². The van der Waals surface area contributed by atoms with Gasteiger partial charge in [0.15, 0.2) is 0 Å². The molecular formula is C31H34N3+. The molecule has 0 spiro atoms. The highest BCUT2D eigenvalue weighted by Gasteiger charge is 2.33. The molecule has 0 fully saturated rings. The van der Waals surface area contributed by atoms with Gasteiger partial charge in [-0.05, 0) is 48.4 Å². The highest BCUT2D eigenvalue weighted by Crippen LogP contribution is 2.40. The molecule has 1 aliphatic heterocycles. The third-order valence-corrected chi connectivity index (χ3v) is 7.29. The van der Waals surface area contributed by atoms with Crippen molar-refractivity contribution < 1.29 is 4.57 Å². The largest absolute Gasteiger partial charge is 0.343 e. The van der Waals surface area contributed by atoms with Crippen molar-refractivity contribution in [1.29, 1.82) is 0 Å². The van der Waals surface area contributed by atoms with Crippen LogP contribution in [0.4, 0.5) is 0 Å². The summed E-state index contributed by atoms with van der Waals surface area (Å²) in [6.45, 7) is 10.3. The monoisotopic (exact) mass is 448 g/mol. The predicted molar refractivity (Wildman–Crippen MR) is 142 cm³/mol. The summed E-state index contributed by atoms with van der Waals surface area (Å²) in [7, 11) is 2.24. The van der Waals surface area contributed by atoms with Crippen LogP contribution in [0.25, 0.3) is 38.9 Å². The summed E-state index contributed by atoms with van der Waals surface area (Å²) in [6, 6.07) is 20.3. The van der Waals surface area contributed by atoms with E-state index in [1.54, 1.807) is 0 Å². The maximum absolute atomic E-state index is 2.52. The quantitative estimate of drug-likeness (QED) is 0.256. The molecule has 5 aromatic rings. The lowest BCUT2D eigenvalue weighted by molar-refractivity contribution is -0.671. The Morgan fingerprint density at radius 2 is 1.59 bits per heavy atom. The minimum absolute atomic E-state index is 0.585. The maximum atomic E-state index is 2.52. The second-order valence-electron chi connectivity index (χ2n) is 10.8. The van der Waals surface area contributed by atoms with Gasteiger partial charge < -0.3 is 4.57 Å². The average molecular weight is 449 g/mol. The fourth-order valence-electron chi connectivity index (χ4n) is 6.06. The van der Waals surface area contributed by atoms with E-state index in [0.29, 0.717) is 11.8 Å².